The summed E-state index contributed by atoms with van der Waals surface area (Å²) in [6.07, 6.45) is -4.13. The molecule has 3 aliphatic rings. The molecule has 7 aromatic rings. The summed E-state index contributed by atoms with van der Waals surface area (Å²) in [5, 5.41) is 78.6. The number of aromatic hydroxyl groups is 2. The highest BCUT2D eigenvalue weighted by Crippen LogP contribution is 2.29. The Morgan fingerprint density at radius 1 is 0.474 bits per heavy atom. The summed E-state index contributed by atoms with van der Waals surface area (Å²) in [5.74, 6) is -17.5. The number of phenols is 2. The molecule has 1 unspecified atom stereocenters. The summed E-state index contributed by atoms with van der Waals surface area (Å²) < 4.78 is 0. The lowest BCUT2D eigenvalue weighted by molar-refractivity contribution is -0.152. The molecule has 3 fully saturated rings. The van der Waals surface area contributed by atoms with E-state index in [-0.39, 0.29) is 68.8 Å². The maximum absolute atomic E-state index is 15.7. The number of aliphatic hydroxyl groups is 2. The van der Waals surface area contributed by atoms with Gasteiger partial charge < -0.3 is 109 Å². The molecule has 37 nitrogen and oxygen atoms in total. The SMILES string of the molecule is CCCC[C@H]1C(=O)N2C[C@@H](O)C[C@@H]2C(=O)N[C@@H](CC(=O)O)C(=O)N[C@@H](C)C(=O)N(C)[C@@H](Cc2ccccc2)C(=O)N[C@@H](Cc2ccc(O)cc2)C(=O)N2C[C@@H](O)C[C@@H]2C(=O)N[C@@H](Cc2c[nH]c3ccccc23)C(=O)N[C@@H](Cc2ccc(O)cc2)C(=O)N[C@@H](CC(C)C)C(=O)N[C@H](C(=O)NCC(N)=O)CSCC(=O)N[C@@H](Cc2ccccc2)C(=O)N(C)C(Cc2ccccc2)C(=O)N1C. The van der Waals surface area contributed by atoms with Gasteiger partial charge in [0.2, 0.25) is 88.6 Å². The topological polar surface area (TPSA) is 541 Å². The Hall–Kier alpha value is -13.8. The van der Waals surface area contributed by atoms with Crippen molar-refractivity contribution < 1.29 is 102 Å². The number of carboxylic acid groups (broad SMARTS) is 1. The minimum Gasteiger partial charge on any atom is -0.508 e. The quantitative estimate of drug-likeness (QED) is 0.0444. The van der Waals surface area contributed by atoms with Crippen LogP contribution in [0, 0.1) is 5.92 Å². The summed E-state index contributed by atoms with van der Waals surface area (Å²) in [5.41, 5.74) is 8.90. The molecule has 3 saturated heterocycles. The van der Waals surface area contributed by atoms with E-state index in [2.05, 4.69) is 52.8 Å². The maximum Gasteiger partial charge on any atom is 0.305 e. The van der Waals surface area contributed by atoms with Gasteiger partial charge in [0, 0.05) is 108 Å². The first-order chi connectivity index (χ1) is 63.4. The van der Waals surface area contributed by atoms with Gasteiger partial charge in [-0.1, -0.05) is 167 Å². The van der Waals surface area contributed by atoms with Gasteiger partial charge in [-0.15, -0.1) is 11.8 Å². The van der Waals surface area contributed by atoms with Crippen molar-refractivity contribution in [2.45, 2.75) is 202 Å². The van der Waals surface area contributed by atoms with Gasteiger partial charge in [0.1, 0.15) is 90.0 Å². The van der Waals surface area contributed by atoms with Crippen molar-refractivity contribution in [1.29, 1.82) is 0 Å². The van der Waals surface area contributed by atoms with Crippen molar-refractivity contribution in [3.05, 3.63) is 203 Å². The van der Waals surface area contributed by atoms with Crippen LogP contribution in [-0.2, 0) is 115 Å². The Morgan fingerprint density at radius 3 is 1.46 bits per heavy atom. The average Bonchev–Trinajstić information content (AvgIpc) is 1.72. The van der Waals surface area contributed by atoms with Crippen LogP contribution >= 0.6 is 11.8 Å². The van der Waals surface area contributed by atoms with Crippen LogP contribution in [0.25, 0.3) is 10.9 Å². The molecule has 38 heteroatoms. The number of amides is 15. The number of para-hydroxylation sites is 1. The summed E-state index contributed by atoms with van der Waals surface area (Å²) in [7, 11) is 3.92. The molecule has 0 spiro atoms. The van der Waals surface area contributed by atoms with Crippen molar-refractivity contribution in [3.8, 4) is 11.5 Å². The number of hydrogen-bond acceptors (Lipinski definition) is 21. The van der Waals surface area contributed by atoms with Crippen LogP contribution < -0.4 is 53.6 Å². The molecule has 0 saturated carbocycles. The van der Waals surface area contributed by atoms with Crippen LogP contribution in [-0.4, -0.2) is 293 Å². The molecule has 710 valence electrons. The van der Waals surface area contributed by atoms with Gasteiger partial charge in [-0.25, -0.2) is 0 Å². The minimum absolute atomic E-state index is 0.0366. The van der Waals surface area contributed by atoms with Gasteiger partial charge in [-0.05, 0) is 89.4 Å². The molecular weight excluding hydrogens is 1730 g/mol. The fourth-order valence-electron chi connectivity index (χ4n) is 16.6. The number of primary amides is 1. The van der Waals surface area contributed by atoms with Crippen molar-refractivity contribution >= 4 is 117 Å². The number of nitrogens with one attached hydrogen (secondary N) is 10. The number of carbonyl (C=O) groups excluding carboxylic acids is 15. The highest BCUT2D eigenvalue weighted by molar-refractivity contribution is 8.00. The molecule has 15 atom stereocenters. The number of H-pyrrole nitrogens is 1. The summed E-state index contributed by atoms with van der Waals surface area (Å²) in [4.78, 5) is 246. The zero-order valence-electron chi connectivity index (χ0n) is 75.1. The van der Waals surface area contributed by atoms with Crippen LogP contribution in [0.1, 0.15) is 106 Å². The molecule has 6 aromatic carbocycles. The van der Waals surface area contributed by atoms with Crippen LogP contribution in [0.2, 0.25) is 0 Å². The Kier molecular flexibility index (Phi) is 36.5. The third kappa shape index (κ3) is 28.4. The number of nitrogens with two attached hydrogens (primary N) is 1. The number of hydrogen-bond donors (Lipinski definition) is 16. The number of aromatic nitrogens is 1. The number of aromatic amines is 1. The first-order valence-corrected chi connectivity index (χ1v) is 45.4. The number of likely N-dealkylation sites (N-methyl/N-ethyl adjacent to an activating group) is 3. The molecule has 10 rings (SSSR count). The third-order valence-electron chi connectivity index (χ3n) is 23.7. The second-order valence-electron chi connectivity index (χ2n) is 34.3. The van der Waals surface area contributed by atoms with E-state index in [9.17, 15) is 54.3 Å². The van der Waals surface area contributed by atoms with E-state index < -0.39 is 236 Å². The number of fused-ring (bicyclic) bond motifs is 3. The van der Waals surface area contributed by atoms with Crippen molar-refractivity contribution in [3.63, 3.8) is 0 Å². The number of thioether (sulfide) groups is 1. The Balaban J connectivity index is 1.05. The monoisotopic (exact) mass is 1850 g/mol. The van der Waals surface area contributed by atoms with Crippen LogP contribution in [0.3, 0.4) is 0 Å². The number of unbranched alkanes of at least 4 members (excludes halogenated alkanes) is 1. The molecule has 1 aromatic heterocycles. The molecule has 0 aliphatic carbocycles. The maximum atomic E-state index is 15.7. The van der Waals surface area contributed by atoms with E-state index in [0.29, 0.717) is 57.1 Å². The Morgan fingerprint density at radius 2 is 0.917 bits per heavy atom. The number of benzene rings is 6. The van der Waals surface area contributed by atoms with Gasteiger partial charge in [0.15, 0.2) is 0 Å². The predicted octanol–water partition coefficient (Wildman–Crippen LogP) is 0.697. The molecule has 3 aliphatic heterocycles. The fourth-order valence-corrected chi connectivity index (χ4v) is 17.5. The highest BCUT2D eigenvalue weighted by atomic mass is 32.2. The number of phenolic OH excluding ortho intramolecular Hbond substituents is 2. The smallest absolute Gasteiger partial charge is 0.305 e. The van der Waals surface area contributed by atoms with Crippen LogP contribution in [0.5, 0.6) is 11.5 Å². The van der Waals surface area contributed by atoms with Crippen molar-refractivity contribution in [1.82, 2.24) is 77.3 Å². The number of aliphatic carboxylic acids is 1. The Bertz CT molecular complexity index is 5290. The lowest BCUT2D eigenvalue weighted by atomic mass is 9.99. The van der Waals surface area contributed by atoms with Gasteiger partial charge in [0.05, 0.1) is 30.9 Å². The number of carbonyl (C=O) groups is 16. The van der Waals surface area contributed by atoms with E-state index in [4.69, 9.17) is 5.73 Å². The number of aliphatic hydroxyl groups excluding tert-OH is 2. The zero-order chi connectivity index (χ0) is 96.4. The van der Waals surface area contributed by atoms with Crippen LogP contribution in [0.15, 0.2) is 170 Å². The molecule has 17 N–H and O–H groups in total. The predicted molar refractivity (Wildman–Crippen MR) is 490 cm³/mol. The number of rotatable bonds is 22. The largest absolute Gasteiger partial charge is 0.508 e. The second-order valence-corrected chi connectivity index (χ2v) is 35.4. The van der Waals surface area contributed by atoms with E-state index in [1.807, 2.05) is 6.92 Å². The van der Waals surface area contributed by atoms with E-state index >= 15 is 47.9 Å². The van der Waals surface area contributed by atoms with Gasteiger partial charge in [0.25, 0.3) is 0 Å². The average molecular weight is 1850 g/mol. The lowest BCUT2D eigenvalue weighted by Gasteiger charge is -2.38. The highest BCUT2D eigenvalue weighted by Gasteiger charge is 2.48. The fraction of sp³-hybridized carbons (Fsp3) is 0.432. The first kappa shape index (κ1) is 101. The Labute approximate surface area is 773 Å². The summed E-state index contributed by atoms with van der Waals surface area (Å²) in [6, 6.07) is 22.8. The zero-order valence-corrected chi connectivity index (χ0v) is 75.9. The van der Waals surface area contributed by atoms with Gasteiger partial charge in [-0.2, -0.15) is 0 Å². The number of nitrogens with zero attached hydrogens (tertiary/aromatic N) is 5. The van der Waals surface area contributed by atoms with Crippen LogP contribution in [0.4, 0.5) is 0 Å². The second kappa shape index (κ2) is 47.9. The van der Waals surface area contributed by atoms with E-state index in [0.717, 1.165) is 36.3 Å². The number of carboxylic acids is 1. The first-order valence-electron chi connectivity index (χ1n) is 44.2. The van der Waals surface area contributed by atoms with E-state index in [1.54, 1.807) is 135 Å². The normalized spacial score (nSPS) is 24.6. The van der Waals surface area contributed by atoms with Crippen molar-refractivity contribution in [2.75, 3.05) is 52.3 Å². The molecule has 15 amide bonds. The van der Waals surface area contributed by atoms with Gasteiger partial charge >= 0.3 is 5.97 Å². The molecular formula is C95H118N16O21S. The molecule has 4 heterocycles. The van der Waals surface area contributed by atoms with E-state index in [1.165, 1.54) is 76.6 Å². The lowest BCUT2D eigenvalue weighted by Crippen LogP contribution is -2.61. The molecule has 0 radical (unpaired) electrons. The summed E-state index contributed by atoms with van der Waals surface area (Å²) >= 11 is 0.812. The van der Waals surface area contributed by atoms with Gasteiger partial charge in [-0.3, -0.25) is 76.7 Å². The summed E-state index contributed by atoms with van der Waals surface area (Å²) in [6.45, 7) is 4.81. The third-order valence-corrected chi connectivity index (χ3v) is 24.8. The minimum atomic E-state index is -1.99. The molecule has 133 heavy (non-hydrogen) atoms. The molecule has 0 bridgehead atoms. The van der Waals surface area contributed by atoms with Crippen molar-refractivity contribution in [2.24, 2.45) is 11.7 Å². The standard InChI is InChI=1S/C95H118N16O21S/c1-8-9-29-75-95(132)111-51-65(115)46-78(111)90(127)104-71(47-82(118)119)84(121)99-55(4)91(128)108(6)76(42-57-23-15-11-16-24-57)88(125)105-73(41-60-32-36-63(113)37-33-60)93(130)110-50-64(114)45-77(110)89(126)103-70(44-61-48-97-67-28-20-19-27-66(61)67)87(124)102-69(39-59-30-34-62(112)35-31-59)86(123)101-68(38-54(2)3)85(122)106-74(83(120)98-49-80(96)116)52-133-53-81(117)100-72(40-56-21-13-10-14-22-56)92(129)109(7)79(94(131)107(75)5)43-58-25-17-12-18-26-58/h10-28,30-37,48,54-55,64-65,68-79,97,112-115H,8-9,29,38-47,49-53H2,1-7H3,(H2,96,116)(H,98,120)(H,99,121)(H,100,117)(H,101,123)(H,102,124)(H,103,126)(H,104,127)(H,105,125)(H,106,122)(H,118,119)/t55-,64-,65-,68-,69-,70-,71-,72-,73-,74-,75-,76-,77+,78+,79?/m0/s1.